The summed E-state index contributed by atoms with van der Waals surface area (Å²) < 4.78 is 23.9. The average Bonchev–Trinajstić information content (AvgIpc) is 2.09. The summed E-state index contributed by atoms with van der Waals surface area (Å²) in [6.45, 7) is 3.72. The summed E-state index contributed by atoms with van der Waals surface area (Å²) in [5.41, 5.74) is 1.85. The van der Waals surface area contributed by atoms with Gasteiger partial charge < -0.3 is 0 Å². The minimum atomic E-state index is -0.817. The van der Waals surface area contributed by atoms with Gasteiger partial charge in [-0.3, -0.25) is 4.21 Å². The maximum Gasteiger partial charge on any atom is 0.123 e. The van der Waals surface area contributed by atoms with Crippen molar-refractivity contribution in [2.75, 3.05) is 5.75 Å². The number of rotatable bonds is 3. The molecule has 1 rings (SSSR count). The SMILES string of the molecule is CCS(=O)Cc1ccc(F)cc1C. The number of benzene rings is 1. The highest BCUT2D eigenvalue weighted by Crippen LogP contribution is 2.12. The van der Waals surface area contributed by atoms with Crippen molar-refractivity contribution in [2.24, 2.45) is 0 Å². The fraction of sp³-hybridized carbons (Fsp3) is 0.400. The Morgan fingerprint density at radius 1 is 1.46 bits per heavy atom. The van der Waals surface area contributed by atoms with Crippen molar-refractivity contribution in [3.05, 3.63) is 35.1 Å². The highest BCUT2D eigenvalue weighted by atomic mass is 32.2. The van der Waals surface area contributed by atoms with Crippen LogP contribution in [-0.2, 0) is 16.6 Å². The minimum Gasteiger partial charge on any atom is -0.259 e. The van der Waals surface area contributed by atoms with E-state index in [9.17, 15) is 8.60 Å². The predicted molar refractivity (Wildman–Crippen MR) is 53.5 cm³/mol. The molecule has 1 atom stereocenters. The molecule has 0 saturated carbocycles. The quantitative estimate of drug-likeness (QED) is 0.732. The van der Waals surface area contributed by atoms with Crippen molar-refractivity contribution in [1.82, 2.24) is 0 Å². The van der Waals surface area contributed by atoms with Gasteiger partial charge in [-0.1, -0.05) is 13.0 Å². The summed E-state index contributed by atoms with van der Waals surface area (Å²) in [4.78, 5) is 0. The first kappa shape index (κ1) is 10.4. The summed E-state index contributed by atoms with van der Waals surface area (Å²) in [6.07, 6.45) is 0. The Labute approximate surface area is 80.4 Å². The summed E-state index contributed by atoms with van der Waals surface area (Å²) in [6, 6.07) is 4.59. The smallest absolute Gasteiger partial charge is 0.123 e. The molecule has 0 amide bonds. The Morgan fingerprint density at radius 3 is 2.69 bits per heavy atom. The number of hydrogen-bond donors (Lipinski definition) is 0. The van der Waals surface area contributed by atoms with Gasteiger partial charge in [0.1, 0.15) is 5.82 Å². The third kappa shape index (κ3) is 2.92. The Hall–Kier alpha value is -0.700. The van der Waals surface area contributed by atoms with Crippen LogP contribution in [0, 0.1) is 12.7 Å². The van der Waals surface area contributed by atoms with Crippen molar-refractivity contribution < 1.29 is 8.60 Å². The van der Waals surface area contributed by atoms with Crippen LogP contribution in [0.5, 0.6) is 0 Å². The Bertz CT molecular complexity index is 323. The molecular weight excluding hydrogens is 187 g/mol. The topological polar surface area (TPSA) is 17.1 Å². The molecule has 1 unspecified atom stereocenters. The first-order valence-electron chi connectivity index (χ1n) is 4.23. The molecule has 0 fully saturated rings. The van der Waals surface area contributed by atoms with Gasteiger partial charge in [0, 0.05) is 22.3 Å². The van der Waals surface area contributed by atoms with Gasteiger partial charge in [0.25, 0.3) is 0 Å². The van der Waals surface area contributed by atoms with Crippen LogP contribution in [0.1, 0.15) is 18.1 Å². The zero-order valence-electron chi connectivity index (χ0n) is 7.84. The van der Waals surface area contributed by atoms with E-state index in [1.54, 1.807) is 6.07 Å². The molecule has 0 aliphatic rings. The third-order valence-electron chi connectivity index (χ3n) is 1.94. The Morgan fingerprint density at radius 2 is 2.15 bits per heavy atom. The second-order valence-corrected chi connectivity index (χ2v) is 4.69. The van der Waals surface area contributed by atoms with Crippen LogP contribution < -0.4 is 0 Å². The maximum atomic E-state index is 12.7. The average molecular weight is 200 g/mol. The van der Waals surface area contributed by atoms with Gasteiger partial charge in [0.05, 0.1) is 0 Å². The van der Waals surface area contributed by atoms with Crippen molar-refractivity contribution >= 4 is 10.8 Å². The molecule has 0 aliphatic heterocycles. The molecule has 0 bridgehead atoms. The van der Waals surface area contributed by atoms with Gasteiger partial charge in [-0.15, -0.1) is 0 Å². The highest BCUT2D eigenvalue weighted by Gasteiger charge is 2.03. The minimum absolute atomic E-state index is 0.233. The van der Waals surface area contributed by atoms with E-state index in [1.807, 2.05) is 13.8 Å². The summed E-state index contributed by atoms with van der Waals surface area (Å²) in [5.74, 6) is 0.947. The zero-order chi connectivity index (χ0) is 9.84. The molecule has 1 aromatic carbocycles. The Kier molecular flexibility index (Phi) is 3.60. The monoisotopic (exact) mass is 200 g/mol. The fourth-order valence-electron chi connectivity index (χ4n) is 1.10. The second kappa shape index (κ2) is 4.51. The van der Waals surface area contributed by atoms with Crippen LogP contribution in [0.15, 0.2) is 18.2 Å². The summed E-state index contributed by atoms with van der Waals surface area (Å²) in [5, 5.41) is 0. The van der Waals surface area contributed by atoms with Crippen LogP contribution in [-0.4, -0.2) is 9.96 Å². The van der Waals surface area contributed by atoms with Gasteiger partial charge in [-0.05, 0) is 30.2 Å². The van der Waals surface area contributed by atoms with Gasteiger partial charge in [-0.2, -0.15) is 0 Å². The number of aryl methyl sites for hydroxylation is 1. The van der Waals surface area contributed by atoms with Crippen molar-refractivity contribution in [2.45, 2.75) is 19.6 Å². The molecule has 1 nitrogen and oxygen atoms in total. The highest BCUT2D eigenvalue weighted by molar-refractivity contribution is 7.84. The van der Waals surface area contributed by atoms with Crippen LogP contribution in [0.3, 0.4) is 0 Å². The molecule has 0 spiro atoms. The molecular formula is C10H13FOS. The third-order valence-corrected chi connectivity index (χ3v) is 3.22. The lowest BCUT2D eigenvalue weighted by molar-refractivity contribution is 0.626. The number of hydrogen-bond acceptors (Lipinski definition) is 1. The van der Waals surface area contributed by atoms with Gasteiger partial charge >= 0.3 is 0 Å². The largest absolute Gasteiger partial charge is 0.259 e. The van der Waals surface area contributed by atoms with E-state index < -0.39 is 10.8 Å². The predicted octanol–water partition coefficient (Wildman–Crippen LogP) is 2.40. The lowest BCUT2D eigenvalue weighted by Crippen LogP contribution is -1.99. The summed E-state index contributed by atoms with van der Waals surface area (Å²) >= 11 is 0. The standard InChI is InChI=1S/C10H13FOS/c1-3-13(12)7-9-4-5-10(11)6-8(9)2/h4-6H,3,7H2,1-2H3. The van der Waals surface area contributed by atoms with Crippen LogP contribution in [0.2, 0.25) is 0 Å². The van der Waals surface area contributed by atoms with Crippen molar-refractivity contribution in [3.8, 4) is 0 Å². The normalized spacial score (nSPS) is 12.8. The van der Waals surface area contributed by atoms with E-state index >= 15 is 0 Å². The summed E-state index contributed by atoms with van der Waals surface area (Å²) in [7, 11) is -0.817. The molecule has 0 radical (unpaired) electrons. The van der Waals surface area contributed by atoms with Crippen LogP contribution >= 0.6 is 0 Å². The second-order valence-electron chi connectivity index (χ2n) is 2.94. The molecule has 13 heavy (non-hydrogen) atoms. The molecule has 72 valence electrons. The first-order chi connectivity index (χ1) is 6.13. The van der Waals surface area contributed by atoms with Crippen LogP contribution in [0.4, 0.5) is 4.39 Å². The van der Waals surface area contributed by atoms with E-state index in [0.717, 1.165) is 11.1 Å². The van der Waals surface area contributed by atoms with Gasteiger partial charge in [-0.25, -0.2) is 4.39 Å². The van der Waals surface area contributed by atoms with E-state index in [1.165, 1.54) is 12.1 Å². The molecule has 0 aromatic heterocycles. The van der Waals surface area contributed by atoms with E-state index in [0.29, 0.717) is 11.5 Å². The van der Waals surface area contributed by atoms with E-state index in [2.05, 4.69) is 0 Å². The molecule has 0 saturated heterocycles. The molecule has 0 heterocycles. The van der Waals surface area contributed by atoms with Crippen molar-refractivity contribution in [1.29, 1.82) is 0 Å². The fourth-order valence-corrected chi connectivity index (χ4v) is 1.97. The molecule has 0 N–H and O–H groups in total. The first-order valence-corrected chi connectivity index (χ1v) is 5.72. The van der Waals surface area contributed by atoms with Crippen LogP contribution in [0.25, 0.3) is 0 Å². The van der Waals surface area contributed by atoms with Crippen molar-refractivity contribution in [3.63, 3.8) is 0 Å². The van der Waals surface area contributed by atoms with E-state index in [-0.39, 0.29) is 5.82 Å². The Balaban J connectivity index is 2.83. The van der Waals surface area contributed by atoms with Gasteiger partial charge in [0.2, 0.25) is 0 Å². The van der Waals surface area contributed by atoms with Gasteiger partial charge in [0.15, 0.2) is 0 Å². The lowest BCUT2D eigenvalue weighted by Gasteiger charge is -2.04. The number of halogens is 1. The maximum absolute atomic E-state index is 12.7. The van der Waals surface area contributed by atoms with E-state index in [4.69, 9.17) is 0 Å². The molecule has 0 aliphatic carbocycles. The molecule has 1 aromatic rings. The molecule has 3 heteroatoms. The lowest BCUT2D eigenvalue weighted by atomic mass is 10.1. The zero-order valence-corrected chi connectivity index (χ0v) is 8.66.